The molecule has 11 nitrogen and oxygen atoms in total. The number of halogens is 1. The van der Waals surface area contributed by atoms with Gasteiger partial charge in [-0.25, -0.2) is 10.4 Å². The van der Waals surface area contributed by atoms with Crippen molar-refractivity contribution in [3.8, 4) is 0 Å². The van der Waals surface area contributed by atoms with Crippen molar-refractivity contribution in [2.45, 2.75) is 43.1 Å². The fourth-order valence-electron chi connectivity index (χ4n) is 5.21. The second-order valence-corrected chi connectivity index (χ2v) is 10.6. The number of anilines is 1. The number of H-pyrrole nitrogens is 1. The van der Waals surface area contributed by atoms with E-state index in [1.165, 1.54) is 16.2 Å². The number of carbonyl (C=O) groups excluding carboxylic acids is 2. The number of hydrogen-bond donors (Lipinski definition) is 4. The Labute approximate surface area is 212 Å². The maximum Gasteiger partial charge on any atom is 0.274 e. The number of aromatic nitrogens is 2. The molecule has 190 valence electrons. The number of aliphatic hydroxyl groups is 2. The first kappa shape index (κ1) is 23.4. The monoisotopic (exact) mass is 513 g/mol. The van der Waals surface area contributed by atoms with Gasteiger partial charge >= 0.3 is 0 Å². The third-order valence-corrected chi connectivity index (χ3v) is 7.84. The number of nitrogens with one attached hydrogen (secondary N) is 2. The van der Waals surface area contributed by atoms with Crippen LogP contribution in [0.4, 0.5) is 5.69 Å². The van der Waals surface area contributed by atoms with E-state index in [0.717, 1.165) is 18.5 Å². The Balaban J connectivity index is 1.10. The zero-order valence-corrected chi connectivity index (χ0v) is 20.4. The van der Waals surface area contributed by atoms with Gasteiger partial charge in [0.25, 0.3) is 11.8 Å². The van der Waals surface area contributed by atoms with Crippen LogP contribution in [0.5, 0.6) is 0 Å². The highest BCUT2D eigenvalue weighted by atomic mass is 35.5. The van der Waals surface area contributed by atoms with Gasteiger partial charge in [0.1, 0.15) is 11.6 Å². The Morgan fingerprint density at radius 2 is 1.89 bits per heavy atom. The SMILES string of the molecule is O=C1C2CNN(c3ccc(Cl)cc3)C2(O)N=CN1CC1(O)CCN(C(=O)c2cc(C3CC3)[nH]n2)CC1. The largest absolute Gasteiger partial charge is 0.388 e. The van der Waals surface area contributed by atoms with Crippen LogP contribution in [-0.4, -0.2) is 86.0 Å². The number of hydrazine groups is 1. The van der Waals surface area contributed by atoms with Crippen LogP contribution in [-0.2, 0) is 4.79 Å². The molecular weight excluding hydrogens is 486 g/mol. The summed E-state index contributed by atoms with van der Waals surface area (Å²) >= 11 is 5.97. The molecule has 2 saturated heterocycles. The summed E-state index contributed by atoms with van der Waals surface area (Å²) < 4.78 is 0. The summed E-state index contributed by atoms with van der Waals surface area (Å²) in [5.41, 5.74) is 3.91. The number of amides is 2. The van der Waals surface area contributed by atoms with E-state index in [9.17, 15) is 19.8 Å². The van der Waals surface area contributed by atoms with Crippen LogP contribution in [0.1, 0.15) is 47.8 Å². The molecule has 4 N–H and O–H groups in total. The summed E-state index contributed by atoms with van der Waals surface area (Å²) in [6.07, 6.45) is 4.19. The van der Waals surface area contributed by atoms with Crippen molar-refractivity contribution in [3.05, 3.63) is 46.7 Å². The van der Waals surface area contributed by atoms with Gasteiger partial charge in [0.2, 0.25) is 5.91 Å². The molecule has 2 atom stereocenters. The summed E-state index contributed by atoms with van der Waals surface area (Å²) in [5, 5.41) is 31.7. The van der Waals surface area contributed by atoms with E-state index in [4.69, 9.17) is 11.6 Å². The van der Waals surface area contributed by atoms with Gasteiger partial charge in [-0.2, -0.15) is 5.10 Å². The summed E-state index contributed by atoms with van der Waals surface area (Å²) in [7, 11) is 0. The lowest BCUT2D eigenvalue weighted by molar-refractivity contribution is -0.143. The van der Waals surface area contributed by atoms with Crippen LogP contribution in [0.25, 0.3) is 0 Å². The minimum absolute atomic E-state index is 0.0408. The Kier molecular flexibility index (Phi) is 5.56. The molecule has 2 amide bonds. The molecule has 1 aromatic heterocycles. The van der Waals surface area contributed by atoms with Gasteiger partial charge in [-0.1, -0.05) is 11.6 Å². The average molecular weight is 514 g/mol. The number of carbonyl (C=O) groups is 2. The van der Waals surface area contributed by atoms with Gasteiger partial charge in [-0.3, -0.25) is 24.6 Å². The molecule has 3 aliphatic heterocycles. The fourth-order valence-corrected chi connectivity index (χ4v) is 5.33. The van der Waals surface area contributed by atoms with E-state index in [1.807, 2.05) is 6.07 Å². The molecule has 0 radical (unpaired) electrons. The van der Waals surface area contributed by atoms with Crippen LogP contribution >= 0.6 is 11.6 Å². The number of benzene rings is 1. The van der Waals surface area contributed by atoms with Crippen molar-refractivity contribution in [1.82, 2.24) is 25.4 Å². The number of aliphatic imine (C=N–C) groups is 1. The topological polar surface area (TPSA) is 137 Å². The van der Waals surface area contributed by atoms with E-state index in [1.54, 1.807) is 29.2 Å². The lowest BCUT2D eigenvalue weighted by Gasteiger charge is -2.42. The minimum atomic E-state index is -1.78. The van der Waals surface area contributed by atoms with Gasteiger partial charge in [0, 0.05) is 36.3 Å². The number of aromatic amines is 1. The van der Waals surface area contributed by atoms with Crippen LogP contribution in [0.3, 0.4) is 0 Å². The molecule has 36 heavy (non-hydrogen) atoms. The van der Waals surface area contributed by atoms with Crippen molar-refractivity contribution in [2.24, 2.45) is 10.9 Å². The van der Waals surface area contributed by atoms with Crippen LogP contribution in [0, 0.1) is 5.92 Å². The number of β-amino-alcohol motifs (C(OH)–C–C–N with tert-alkyl or cyclic N) is 1. The maximum absolute atomic E-state index is 13.3. The number of likely N-dealkylation sites (tertiary alicyclic amines) is 1. The average Bonchev–Trinajstić information content (AvgIpc) is 3.49. The standard InChI is InChI=1S/C24H28ClN7O4/c25-16-3-5-17(6-4-16)32-24(36)18(12-27-32)21(33)31(14-26-24)13-23(35)7-9-30(10-8-23)22(34)20-11-19(28-29-20)15-1-2-15/h3-6,11,14-15,18,27,35-36H,1-2,7-10,12-13H2,(H,28,29). The molecule has 0 spiro atoms. The van der Waals surface area contributed by atoms with E-state index >= 15 is 0 Å². The quantitative estimate of drug-likeness (QED) is 0.469. The highest BCUT2D eigenvalue weighted by Crippen LogP contribution is 2.39. The van der Waals surface area contributed by atoms with Crippen molar-refractivity contribution in [1.29, 1.82) is 0 Å². The summed E-state index contributed by atoms with van der Waals surface area (Å²) in [4.78, 5) is 33.5. The molecular formula is C24H28ClN7O4. The highest BCUT2D eigenvalue weighted by molar-refractivity contribution is 6.30. The number of rotatable bonds is 5. The third kappa shape index (κ3) is 4.05. The second kappa shape index (κ2) is 8.55. The first-order chi connectivity index (χ1) is 17.3. The summed E-state index contributed by atoms with van der Waals surface area (Å²) in [6, 6.07) is 8.68. The molecule has 1 saturated carbocycles. The van der Waals surface area contributed by atoms with Gasteiger partial charge in [0.15, 0.2) is 0 Å². The number of piperidine rings is 1. The van der Waals surface area contributed by atoms with Crippen molar-refractivity contribution >= 4 is 35.4 Å². The predicted molar refractivity (Wildman–Crippen MR) is 131 cm³/mol. The van der Waals surface area contributed by atoms with Gasteiger partial charge in [-0.15, -0.1) is 0 Å². The van der Waals surface area contributed by atoms with Crippen molar-refractivity contribution < 1.29 is 19.8 Å². The first-order valence-corrected chi connectivity index (χ1v) is 12.6. The summed E-state index contributed by atoms with van der Waals surface area (Å²) in [5.74, 6) is -2.61. The number of nitrogens with zero attached hydrogens (tertiary/aromatic N) is 5. The smallest absolute Gasteiger partial charge is 0.274 e. The van der Waals surface area contributed by atoms with Gasteiger partial charge < -0.3 is 15.1 Å². The maximum atomic E-state index is 13.3. The highest BCUT2D eigenvalue weighted by Gasteiger charge is 2.55. The molecule has 2 aromatic rings. The fraction of sp³-hybridized carbons (Fsp3) is 0.500. The van der Waals surface area contributed by atoms with Crippen LogP contribution in [0.2, 0.25) is 5.02 Å². The Morgan fingerprint density at radius 1 is 1.17 bits per heavy atom. The van der Waals surface area contributed by atoms with E-state index in [0.29, 0.717) is 48.3 Å². The van der Waals surface area contributed by atoms with Crippen LogP contribution in [0.15, 0.2) is 35.3 Å². The normalized spacial score (nSPS) is 27.5. The predicted octanol–water partition coefficient (Wildman–Crippen LogP) is 1.07. The zero-order chi connectivity index (χ0) is 25.1. The van der Waals surface area contributed by atoms with E-state index in [-0.39, 0.29) is 24.9 Å². The van der Waals surface area contributed by atoms with Crippen molar-refractivity contribution in [3.63, 3.8) is 0 Å². The molecule has 1 aliphatic carbocycles. The van der Waals surface area contributed by atoms with Crippen molar-refractivity contribution in [2.75, 3.05) is 31.2 Å². The third-order valence-electron chi connectivity index (χ3n) is 7.58. The molecule has 6 rings (SSSR count). The molecule has 2 unspecified atom stereocenters. The lowest BCUT2D eigenvalue weighted by Crippen LogP contribution is -2.60. The second-order valence-electron chi connectivity index (χ2n) is 10.1. The zero-order valence-electron chi connectivity index (χ0n) is 19.6. The molecule has 3 fully saturated rings. The van der Waals surface area contributed by atoms with E-state index < -0.39 is 17.4 Å². The number of fused-ring (bicyclic) bond motifs is 1. The molecule has 4 aliphatic rings. The summed E-state index contributed by atoms with van der Waals surface area (Å²) in [6.45, 7) is 0.955. The Hall–Kier alpha value is -2.99. The Bertz CT molecular complexity index is 1210. The molecule has 4 heterocycles. The minimum Gasteiger partial charge on any atom is -0.388 e. The van der Waals surface area contributed by atoms with Gasteiger partial charge in [0.05, 0.1) is 24.2 Å². The molecule has 1 aromatic carbocycles. The lowest BCUT2D eigenvalue weighted by atomic mass is 9.89. The number of hydrogen-bond acceptors (Lipinski definition) is 8. The first-order valence-electron chi connectivity index (χ1n) is 12.2. The van der Waals surface area contributed by atoms with Crippen LogP contribution < -0.4 is 10.4 Å². The Morgan fingerprint density at radius 3 is 2.58 bits per heavy atom. The van der Waals surface area contributed by atoms with E-state index in [2.05, 4.69) is 20.6 Å². The molecule has 0 bridgehead atoms. The molecule has 12 heteroatoms. The van der Waals surface area contributed by atoms with Gasteiger partial charge in [-0.05, 0) is 56.0 Å².